The van der Waals surface area contributed by atoms with Gasteiger partial charge in [0, 0.05) is 0 Å². The Balaban J connectivity index is 3.20. The van der Waals surface area contributed by atoms with E-state index in [0.717, 1.165) is 5.56 Å². The lowest BCUT2D eigenvalue weighted by Gasteiger charge is -2.22. The fraction of sp³-hybridized carbons (Fsp3) is 0.333. The van der Waals surface area contributed by atoms with Crippen LogP contribution in [0.4, 0.5) is 9.59 Å². The minimum atomic E-state index is -4.31. The van der Waals surface area contributed by atoms with Crippen molar-refractivity contribution in [3.05, 3.63) is 29.8 Å². The van der Waals surface area contributed by atoms with E-state index in [-0.39, 0.29) is 9.31 Å². The fourth-order valence-electron chi connectivity index (χ4n) is 1.37. The molecule has 0 fully saturated rings. The van der Waals surface area contributed by atoms with Gasteiger partial charge in [0.15, 0.2) is 0 Å². The minimum Gasteiger partial charge on any atom is -0.445 e. The van der Waals surface area contributed by atoms with Gasteiger partial charge in [-0.15, -0.1) is 4.41 Å². The van der Waals surface area contributed by atoms with E-state index in [1.165, 1.54) is 12.1 Å². The zero-order valence-electron chi connectivity index (χ0n) is 11.9. The second-order valence-corrected chi connectivity index (χ2v) is 6.28. The van der Waals surface area contributed by atoms with Gasteiger partial charge in [0.2, 0.25) is 0 Å². The van der Waals surface area contributed by atoms with Crippen molar-refractivity contribution in [2.45, 2.75) is 31.8 Å². The number of aryl methyl sites for hydroxylation is 1. The number of carbonyl (C=O) groups is 2. The fourth-order valence-corrected chi connectivity index (χ4v) is 2.51. The second-order valence-electron chi connectivity index (χ2n) is 4.49. The maximum atomic E-state index is 12.4. The van der Waals surface area contributed by atoms with Gasteiger partial charge >= 0.3 is 12.1 Å². The van der Waals surface area contributed by atoms with Gasteiger partial charge in [0.25, 0.3) is 10.0 Å². The Kier molecular flexibility index (Phi) is 5.14. The van der Waals surface area contributed by atoms with E-state index < -0.39 is 28.3 Å². The third-order valence-electron chi connectivity index (χ3n) is 2.27. The highest BCUT2D eigenvalue weighted by Crippen LogP contribution is 2.16. The Hall–Kier alpha value is -2.29. The molecule has 0 saturated heterocycles. The summed E-state index contributed by atoms with van der Waals surface area (Å²) in [6.45, 7) is 4.86. The summed E-state index contributed by atoms with van der Waals surface area (Å²) in [5.41, 5.74) is 7.49. The Morgan fingerprint density at radius 3 is 2.19 bits per heavy atom. The molecule has 0 bridgehead atoms. The van der Waals surface area contributed by atoms with Gasteiger partial charge in [-0.1, -0.05) is 17.7 Å². The van der Waals surface area contributed by atoms with E-state index >= 15 is 0 Å². The van der Waals surface area contributed by atoms with E-state index in [2.05, 4.69) is 0 Å². The van der Waals surface area contributed by atoms with Crippen LogP contribution >= 0.6 is 0 Å². The number of hydrogen-bond acceptors (Lipinski definition) is 5. The van der Waals surface area contributed by atoms with Gasteiger partial charge in [0.05, 0.1) is 11.0 Å². The van der Waals surface area contributed by atoms with Crippen LogP contribution in [0.3, 0.4) is 0 Å². The van der Waals surface area contributed by atoms with Crippen molar-refractivity contribution < 1.29 is 22.7 Å². The molecule has 8 nitrogen and oxygen atoms in total. The topological polar surface area (TPSA) is 119 Å². The highest BCUT2D eigenvalue weighted by molar-refractivity contribution is 7.89. The second kappa shape index (κ2) is 6.44. The predicted octanol–water partition coefficient (Wildman–Crippen LogP) is 1.11. The van der Waals surface area contributed by atoms with Crippen molar-refractivity contribution in [3.63, 3.8) is 0 Å². The zero-order chi connectivity index (χ0) is 16.2. The summed E-state index contributed by atoms with van der Waals surface area (Å²) in [4.78, 5) is 22.6. The van der Waals surface area contributed by atoms with Gasteiger partial charge < -0.3 is 10.5 Å². The molecule has 0 radical (unpaired) electrons. The highest BCUT2D eigenvalue weighted by Gasteiger charge is 2.32. The molecule has 0 spiro atoms. The molecular formula is C12H17N3O5S. The Morgan fingerprint density at radius 2 is 1.76 bits per heavy atom. The number of nitrogens with two attached hydrogens (primary N) is 1. The summed E-state index contributed by atoms with van der Waals surface area (Å²) >= 11 is 0. The third kappa shape index (κ3) is 4.35. The zero-order valence-corrected chi connectivity index (χ0v) is 12.7. The summed E-state index contributed by atoms with van der Waals surface area (Å²) < 4.78 is 29.6. The van der Waals surface area contributed by atoms with Crippen LogP contribution in [0.2, 0.25) is 0 Å². The van der Waals surface area contributed by atoms with Crippen LogP contribution in [0.1, 0.15) is 19.4 Å². The van der Waals surface area contributed by atoms with Crippen molar-refractivity contribution in [2.75, 3.05) is 0 Å². The first-order chi connectivity index (χ1) is 9.64. The quantitative estimate of drug-likeness (QED) is 0.810. The Labute approximate surface area is 122 Å². The van der Waals surface area contributed by atoms with E-state index in [4.69, 9.17) is 10.5 Å². The Bertz CT molecular complexity index is 625. The molecule has 0 heterocycles. The van der Waals surface area contributed by atoms with Crippen molar-refractivity contribution in [2.24, 2.45) is 5.73 Å². The lowest BCUT2D eigenvalue weighted by Crippen LogP contribution is -2.52. The molecular weight excluding hydrogens is 298 g/mol. The molecule has 1 aromatic carbocycles. The maximum Gasteiger partial charge on any atom is 0.443 e. The first-order valence-electron chi connectivity index (χ1n) is 6.03. The molecule has 116 valence electrons. The first-order valence-corrected chi connectivity index (χ1v) is 7.47. The standard InChI is InChI=1S/C12H17N3O5S/c1-8(2)20-12(17)15(14-11(13)16)21(18,19)10-6-4-9(3)5-7-10/h4-8H,1-3H3,(H3,13,14,16). The average Bonchev–Trinajstić information content (AvgIpc) is 2.35. The molecule has 1 rings (SSSR count). The number of sulfonamides is 1. The number of ether oxygens (including phenoxy) is 1. The summed E-state index contributed by atoms with van der Waals surface area (Å²) in [6.07, 6.45) is -1.81. The van der Waals surface area contributed by atoms with E-state index in [9.17, 15) is 18.0 Å². The smallest absolute Gasteiger partial charge is 0.443 e. The molecule has 0 unspecified atom stereocenters. The van der Waals surface area contributed by atoms with Gasteiger partial charge in [0.1, 0.15) is 0 Å². The number of amides is 3. The number of hydrogen-bond donors (Lipinski definition) is 2. The number of nitrogens with one attached hydrogen (secondary N) is 1. The number of urea groups is 1. The van der Waals surface area contributed by atoms with Crippen LogP contribution in [0, 0.1) is 6.92 Å². The van der Waals surface area contributed by atoms with Crippen LogP contribution in [0.5, 0.6) is 0 Å². The van der Waals surface area contributed by atoms with Crippen molar-refractivity contribution >= 4 is 22.1 Å². The largest absolute Gasteiger partial charge is 0.445 e. The molecule has 3 N–H and O–H groups in total. The van der Waals surface area contributed by atoms with E-state index in [1.54, 1.807) is 38.3 Å². The van der Waals surface area contributed by atoms with Crippen LogP contribution in [-0.2, 0) is 14.8 Å². The molecule has 3 amide bonds. The molecule has 21 heavy (non-hydrogen) atoms. The molecule has 0 aliphatic carbocycles. The SMILES string of the molecule is Cc1ccc(S(=O)(=O)N(NC(N)=O)C(=O)OC(C)C)cc1. The number of benzene rings is 1. The molecule has 1 aromatic rings. The summed E-state index contributed by atoms with van der Waals surface area (Å²) in [7, 11) is -4.31. The van der Waals surface area contributed by atoms with Crippen LogP contribution in [-0.4, -0.2) is 31.1 Å². The number of hydrazine groups is 1. The van der Waals surface area contributed by atoms with Gasteiger partial charge in [-0.05, 0) is 32.9 Å². The summed E-state index contributed by atoms with van der Waals surface area (Å²) in [5, 5.41) is 0. The summed E-state index contributed by atoms with van der Waals surface area (Å²) in [5.74, 6) is 0. The first kappa shape index (κ1) is 16.8. The number of nitrogens with zero attached hydrogens (tertiary/aromatic N) is 1. The van der Waals surface area contributed by atoms with Crippen molar-refractivity contribution in [1.82, 2.24) is 9.84 Å². The molecule has 0 aromatic heterocycles. The predicted molar refractivity (Wildman–Crippen MR) is 74.5 cm³/mol. The van der Waals surface area contributed by atoms with Crippen molar-refractivity contribution in [3.8, 4) is 0 Å². The number of carbonyl (C=O) groups excluding carboxylic acids is 2. The van der Waals surface area contributed by atoms with Gasteiger partial charge in [-0.2, -0.15) is 8.42 Å². The van der Waals surface area contributed by atoms with Crippen LogP contribution in [0.25, 0.3) is 0 Å². The molecule has 9 heteroatoms. The number of rotatable bonds is 3. The maximum absolute atomic E-state index is 12.4. The highest BCUT2D eigenvalue weighted by atomic mass is 32.2. The van der Waals surface area contributed by atoms with Gasteiger partial charge in [-0.25, -0.2) is 15.0 Å². The van der Waals surface area contributed by atoms with Crippen LogP contribution in [0.15, 0.2) is 29.2 Å². The van der Waals surface area contributed by atoms with E-state index in [0.29, 0.717) is 0 Å². The minimum absolute atomic E-state index is 0.0833. The third-order valence-corrected chi connectivity index (χ3v) is 3.86. The van der Waals surface area contributed by atoms with Crippen molar-refractivity contribution in [1.29, 1.82) is 0 Å². The average molecular weight is 315 g/mol. The lowest BCUT2D eigenvalue weighted by atomic mass is 10.2. The Morgan fingerprint density at radius 1 is 1.24 bits per heavy atom. The van der Waals surface area contributed by atoms with E-state index in [1.807, 2.05) is 0 Å². The summed E-state index contributed by atoms with van der Waals surface area (Å²) in [6, 6.07) is 4.53. The number of primary amides is 1. The monoisotopic (exact) mass is 315 g/mol. The lowest BCUT2D eigenvalue weighted by molar-refractivity contribution is 0.0893. The molecule has 0 aliphatic heterocycles. The molecule has 0 atom stereocenters. The van der Waals surface area contributed by atoms with Crippen LogP contribution < -0.4 is 11.2 Å². The normalized spacial score (nSPS) is 11.0. The molecule has 0 aliphatic rings. The molecule has 0 saturated carbocycles. The van der Waals surface area contributed by atoms with Gasteiger partial charge in [-0.3, -0.25) is 0 Å².